The summed E-state index contributed by atoms with van der Waals surface area (Å²) in [5, 5.41) is 16.5. The van der Waals surface area contributed by atoms with Gasteiger partial charge in [-0.2, -0.15) is 0 Å². The van der Waals surface area contributed by atoms with Crippen LogP contribution in [0.1, 0.15) is 43.9 Å². The van der Waals surface area contributed by atoms with Crippen LogP contribution in [0, 0.1) is 29.9 Å². The lowest BCUT2D eigenvalue weighted by Gasteiger charge is -2.31. The number of nitro groups is 1. The molecule has 3 N–H and O–H groups in total. The third-order valence-electron chi connectivity index (χ3n) is 7.56. The fourth-order valence-electron chi connectivity index (χ4n) is 5.75. The number of hydrogen-bond donors (Lipinski definition) is 2. The second-order valence-electron chi connectivity index (χ2n) is 10.0. The van der Waals surface area contributed by atoms with Crippen molar-refractivity contribution in [3.8, 4) is 0 Å². The molecule has 0 aliphatic carbocycles. The van der Waals surface area contributed by atoms with E-state index in [1.807, 2.05) is 37.4 Å². The molecule has 1 fully saturated rings. The van der Waals surface area contributed by atoms with Crippen molar-refractivity contribution >= 4 is 40.4 Å². The lowest BCUT2D eigenvalue weighted by Crippen LogP contribution is -2.48. The number of aryl methyl sites for hydroxylation is 2. The number of hydrogen-bond acceptors (Lipinski definition) is 6. The van der Waals surface area contributed by atoms with E-state index in [1.54, 1.807) is 48.5 Å². The second-order valence-corrected chi connectivity index (χ2v) is 11.0. The highest BCUT2D eigenvalue weighted by atomic mass is 32.1. The molecule has 4 atom stereocenters. The number of nitrogens with two attached hydrogens (primary N) is 1. The first-order valence-corrected chi connectivity index (χ1v) is 13.9. The number of rotatable bonds is 7. The smallest absolute Gasteiger partial charge is 0.323 e. The molecule has 0 spiro atoms. The summed E-state index contributed by atoms with van der Waals surface area (Å²) in [4.78, 5) is 55.2. The number of nitrogens with zero attached hydrogens (tertiary/aromatic N) is 2. The molecule has 0 radical (unpaired) electrons. The van der Waals surface area contributed by atoms with Crippen LogP contribution >= 0.6 is 11.3 Å². The Kier molecular flexibility index (Phi) is 7.67. The van der Waals surface area contributed by atoms with Crippen LogP contribution in [0.25, 0.3) is 0 Å². The van der Waals surface area contributed by atoms with Crippen LogP contribution in [-0.2, 0) is 4.79 Å². The van der Waals surface area contributed by atoms with E-state index in [1.165, 1.54) is 34.4 Å². The number of urea groups is 1. The standard InChI is InChI=1S/C31H28N4O5S/c1-18-9-6-7-14-23(18)28(36)24-25(29-19(2)15-16-41-29)27(30(32)37)34(31(38)33-21-11-4-3-5-12-21)26(24)20-10-8-13-22(17-20)35(39)40/h3-17,24-27H,1-2H3,(H2,32,37)(H,33,38). The van der Waals surface area contributed by atoms with Crippen LogP contribution in [0.3, 0.4) is 0 Å². The first-order valence-electron chi connectivity index (χ1n) is 13.0. The first-order chi connectivity index (χ1) is 19.7. The monoisotopic (exact) mass is 568 g/mol. The Morgan fingerprint density at radius 3 is 2.27 bits per heavy atom. The van der Waals surface area contributed by atoms with Gasteiger partial charge in [0.2, 0.25) is 5.91 Å². The molecule has 0 saturated carbocycles. The van der Waals surface area contributed by atoms with E-state index in [9.17, 15) is 24.5 Å². The van der Waals surface area contributed by atoms with Crippen molar-refractivity contribution in [1.82, 2.24) is 4.90 Å². The van der Waals surface area contributed by atoms with Gasteiger partial charge in [0.15, 0.2) is 5.78 Å². The predicted molar refractivity (Wildman–Crippen MR) is 157 cm³/mol. The summed E-state index contributed by atoms with van der Waals surface area (Å²) in [7, 11) is 0. The molecule has 4 unspecified atom stereocenters. The van der Waals surface area contributed by atoms with E-state index < -0.39 is 40.8 Å². The zero-order valence-electron chi connectivity index (χ0n) is 22.4. The van der Waals surface area contributed by atoms with Crippen LogP contribution in [-0.4, -0.2) is 33.6 Å². The maximum absolute atomic E-state index is 14.5. The number of ketones is 1. The lowest BCUT2D eigenvalue weighted by atomic mass is 9.77. The Hall–Kier alpha value is -4.83. The van der Waals surface area contributed by atoms with E-state index in [0.717, 1.165) is 16.0 Å². The molecule has 208 valence electrons. The van der Waals surface area contributed by atoms with Gasteiger partial charge >= 0.3 is 6.03 Å². The largest absolute Gasteiger partial charge is 0.368 e. The number of amides is 3. The van der Waals surface area contributed by atoms with E-state index in [-0.39, 0.29) is 11.5 Å². The molecule has 0 bridgehead atoms. The number of Topliss-reactive ketones (excluding diaryl/α,β-unsaturated/α-hetero) is 1. The van der Waals surface area contributed by atoms with Gasteiger partial charge in [-0.15, -0.1) is 11.3 Å². The van der Waals surface area contributed by atoms with Crippen molar-refractivity contribution in [2.45, 2.75) is 31.8 Å². The third kappa shape index (κ3) is 5.21. The summed E-state index contributed by atoms with van der Waals surface area (Å²) in [5.74, 6) is -2.81. The molecule has 4 aromatic rings. The van der Waals surface area contributed by atoms with Crippen molar-refractivity contribution in [2.75, 3.05) is 5.32 Å². The SMILES string of the molecule is Cc1ccccc1C(=O)C1C(c2sccc2C)C(C(N)=O)N(C(=O)Nc2ccccc2)C1c1cccc([N+](=O)[O-])c1. The molecular weight excluding hydrogens is 540 g/mol. The predicted octanol–water partition coefficient (Wildman–Crippen LogP) is 6.00. The van der Waals surface area contributed by atoms with Crippen LogP contribution in [0.2, 0.25) is 0 Å². The molecule has 41 heavy (non-hydrogen) atoms. The number of non-ortho nitro benzene ring substituents is 1. The third-order valence-corrected chi connectivity index (χ3v) is 8.68. The minimum Gasteiger partial charge on any atom is -0.368 e. The Morgan fingerprint density at radius 1 is 0.927 bits per heavy atom. The first kappa shape index (κ1) is 27.7. The zero-order chi connectivity index (χ0) is 29.3. The molecule has 3 amide bonds. The normalized spacial score (nSPS) is 20.0. The number of para-hydroxylation sites is 1. The van der Waals surface area contributed by atoms with Gasteiger partial charge in [0.05, 0.1) is 16.9 Å². The number of likely N-dealkylation sites (tertiary alicyclic amines) is 1. The maximum Gasteiger partial charge on any atom is 0.323 e. The van der Waals surface area contributed by atoms with Gasteiger partial charge in [0.25, 0.3) is 5.69 Å². The molecule has 3 aromatic carbocycles. The molecule has 1 saturated heterocycles. The summed E-state index contributed by atoms with van der Waals surface area (Å²) in [6, 6.07) is 20.7. The average Bonchev–Trinajstić information content (AvgIpc) is 3.54. The number of carbonyl (C=O) groups is 3. The summed E-state index contributed by atoms with van der Waals surface area (Å²) >= 11 is 1.38. The van der Waals surface area contributed by atoms with Crippen molar-refractivity contribution in [2.24, 2.45) is 11.7 Å². The topological polar surface area (TPSA) is 136 Å². The molecule has 2 heterocycles. The van der Waals surface area contributed by atoms with Gasteiger partial charge in [0.1, 0.15) is 6.04 Å². The zero-order valence-corrected chi connectivity index (χ0v) is 23.2. The minimum absolute atomic E-state index is 0.195. The number of anilines is 1. The average molecular weight is 569 g/mol. The fraction of sp³-hybridized carbons (Fsp3) is 0.194. The highest BCUT2D eigenvalue weighted by molar-refractivity contribution is 7.10. The highest BCUT2D eigenvalue weighted by Crippen LogP contribution is 2.53. The van der Waals surface area contributed by atoms with E-state index in [2.05, 4.69) is 5.32 Å². The fourth-order valence-corrected chi connectivity index (χ4v) is 6.85. The second kappa shape index (κ2) is 11.3. The number of nitro benzene ring substituents is 1. The highest BCUT2D eigenvalue weighted by Gasteiger charge is 2.58. The number of thiophene rings is 1. The Morgan fingerprint density at radius 2 is 1.63 bits per heavy atom. The van der Waals surface area contributed by atoms with Gasteiger partial charge in [0, 0.05) is 34.2 Å². The van der Waals surface area contributed by atoms with Crippen molar-refractivity contribution in [3.05, 3.63) is 128 Å². The lowest BCUT2D eigenvalue weighted by molar-refractivity contribution is -0.385. The quantitative estimate of drug-likeness (QED) is 0.160. The van der Waals surface area contributed by atoms with Crippen molar-refractivity contribution in [1.29, 1.82) is 0 Å². The number of benzene rings is 3. The van der Waals surface area contributed by atoms with E-state index in [0.29, 0.717) is 16.8 Å². The Balaban J connectivity index is 1.77. The van der Waals surface area contributed by atoms with Gasteiger partial charge in [-0.1, -0.05) is 54.6 Å². The summed E-state index contributed by atoms with van der Waals surface area (Å²) in [6.07, 6.45) is 0. The molecular formula is C31H28N4O5S. The summed E-state index contributed by atoms with van der Waals surface area (Å²) < 4.78 is 0. The van der Waals surface area contributed by atoms with E-state index >= 15 is 0 Å². The van der Waals surface area contributed by atoms with Gasteiger partial charge in [-0.05, 0) is 54.1 Å². The van der Waals surface area contributed by atoms with Crippen LogP contribution in [0.15, 0.2) is 90.3 Å². The molecule has 1 aliphatic rings. The summed E-state index contributed by atoms with van der Waals surface area (Å²) in [5.41, 5.74) is 8.73. The van der Waals surface area contributed by atoms with Gasteiger partial charge in [-0.25, -0.2) is 4.79 Å². The molecule has 1 aromatic heterocycles. The van der Waals surface area contributed by atoms with Crippen LogP contribution in [0.4, 0.5) is 16.2 Å². The number of nitrogens with one attached hydrogen (secondary N) is 1. The van der Waals surface area contributed by atoms with Crippen molar-refractivity contribution in [3.63, 3.8) is 0 Å². The van der Waals surface area contributed by atoms with Crippen LogP contribution in [0.5, 0.6) is 0 Å². The minimum atomic E-state index is -1.21. The maximum atomic E-state index is 14.5. The van der Waals surface area contributed by atoms with Gasteiger partial charge < -0.3 is 16.0 Å². The number of primary amides is 1. The van der Waals surface area contributed by atoms with E-state index in [4.69, 9.17) is 5.73 Å². The molecule has 5 rings (SSSR count). The molecule has 1 aliphatic heterocycles. The van der Waals surface area contributed by atoms with Crippen molar-refractivity contribution < 1.29 is 19.3 Å². The molecule has 9 nitrogen and oxygen atoms in total. The Labute approximate surface area is 240 Å². The molecule has 10 heteroatoms. The van der Waals surface area contributed by atoms with Gasteiger partial charge in [-0.3, -0.25) is 19.7 Å². The van der Waals surface area contributed by atoms with Crippen LogP contribution < -0.4 is 11.1 Å². The Bertz CT molecular complexity index is 1640. The summed E-state index contributed by atoms with van der Waals surface area (Å²) in [6.45, 7) is 3.70. The number of carbonyl (C=O) groups excluding carboxylic acids is 3.